The molecule has 0 fully saturated rings. The number of nitrogens with one attached hydrogen (secondary N) is 1. The average Bonchev–Trinajstić information content (AvgIpc) is 2.93. The van der Waals surface area contributed by atoms with Gasteiger partial charge in [-0.15, -0.1) is 0 Å². The highest BCUT2D eigenvalue weighted by Crippen LogP contribution is 2.34. The number of fused-ring (bicyclic) bond motifs is 2. The van der Waals surface area contributed by atoms with Crippen LogP contribution in [0.15, 0.2) is 48.5 Å². The van der Waals surface area contributed by atoms with Crippen LogP contribution in [0.25, 0.3) is 11.0 Å². The molecule has 0 amide bonds. The summed E-state index contributed by atoms with van der Waals surface area (Å²) in [6.45, 7) is 3.76. The molecule has 1 aliphatic heterocycles. The third-order valence-electron chi connectivity index (χ3n) is 3.92. The Balaban J connectivity index is 1.78. The number of aromatic nitrogens is 2. The number of hydrogen-bond acceptors (Lipinski definition) is 3. The Kier molecular flexibility index (Phi) is 2.81. The van der Waals surface area contributed by atoms with Crippen LogP contribution in [0.5, 0.6) is 5.75 Å². The van der Waals surface area contributed by atoms with E-state index in [1.54, 1.807) is 0 Å². The van der Waals surface area contributed by atoms with Crippen molar-refractivity contribution in [2.75, 3.05) is 11.9 Å². The maximum atomic E-state index is 6.14. The van der Waals surface area contributed by atoms with Crippen molar-refractivity contribution in [1.29, 1.82) is 0 Å². The Bertz CT molecular complexity index is 794. The highest BCUT2D eigenvalue weighted by molar-refractivity contribution is 5.76. The number of imidazole rings is 1. The van der Waals surface area contributed by atoms with E-state index in [0.29, 0.717) is 0 Å². The maximum absolute atomic E-state index is 6.14. The van der Waals surface area contributed by atoms with Crippen molar-refractivity contribution in [3.8, 4) is 5.75 Å². The molecule has 2 heterocycles. The van der Waals surface area contributed by atoms with Crippen LogP contribution < -0.4 is 10.1 Å². The van der Waals surface area contributed by atoms with Gasteiger partial charge in [-0.2, -0.15) is 0 Å². The van der Waals surface area contributed by atoms with Gasteiger partial charge in [0.25, 0.3) is 0 Å². The molecule has 21 heavy (non-hydrogen) atoms. The molecule has 1 aliphatic rings. The van der Waals surface area contributed by atoms with E-state index in [-0.39, 0.29) is 6.10 Å². The lowest BCUT2D eigenvalue weighted by Crippen LogP contribution is -2.26. The monoisotopic (exact) mass is 279 g/mol. The van der Waals surface area contributed by atoms with Crippen LogP contribution in [0.2, 0.25) is 0 Å². The molecule has 0 radical (unpaired) electrons. The van der Waals surface area contributed by atoms with Crippen molar-refractivity contribution in [2.24, 2.45) is 0 Å². The number of nitrogens with zero attached hydrogens (tertiary/aromatic N) is 2. The molecule has 106 valence electrons. The zero-order valence-electron chi connectivity index (χ0n) is 11.9. The van der Waals surface area contributed by atoms with Crippen molar-refractivity contribution in [2.45, 2.75) is 19.6 Å². The van der Waals surface area contributed by atoms with Crippen molar-refractivity contribution < 1.29 is 4.74 Å². The van der Waals surface area contributed by atoms with E-state index in [1.165, 1.54) is 0 Å². The molecular formula is C17H17N3O. The Morgan fingerprint density at radius 1 is 1.19 bits per heavy atom. The molecule has 0 saturated carbocycles. The highest BCUT2D eigenvalue weighted by atomic mass is 16.5. The first-order chi connectivity index (χ1) is 10.4. The smallest absolute Gasteiger partial charge is 0.173 e. The van der Waals surface area contributed by atoms with Gasteiger partial charge in [-0.05, 0) is 31.2 Å². The second kappa shape index (κ2) is 4.81. The van der Waals surface area contributed by atoms with Gasteiger partial charge in [-0.3, -0.25) is 0 Å². The van der Waals surface area contributed by atoms with Gasteiger partial charge in [0.1, 0.15) is 5.75 Å². The Labute approximate surface area is 123 Å². The predicted octanol–water partition coefficient (Wildman–Crippen LogP) is 3.60. The van der Waals surface area contributed by atoms with Crippen LogP contribution in [0.3, 0.4) is 0 Å². The quantitative estimate of drug-likeness (QED) is 0.779. The lowest BCUT2D eigenvalue weighted by molar-refractivity contribution is 0.196. The summed E-state index contributed by atoms with van der Waals surface area (Å²) in [7, 11) is 0. The fourth-order valence-corrected chi connectivity index (χ4v) is 2.93. The number of para-hydroxylation sites is 4. The first-order valence-corrected chi connectivity index (χ1v) is 7.31. The molecule has 1 N–H and O–H groups in total. The largest absolute Gasteiger partial charge is 0.478 e. The van der Waals surface area contributed by atoms with Gasteiger partial charge in [0, 0.05) is 6.54 Å². The molecule has 3 aromatic rings. The van der Waals surface area contributed by atoms with Gasteiger partial charge in [0.15, 0.2) is 11.9 Å². The van der Waals surface area contributed by atoms with Crippen molar-refractivity contribution in [1.82, 2.24) is 9.55 Å². The first kappa shape index (κ1) is 12.3. The van der Waals surface area contributed by atoms with E-state index in [1.807, 2.05) is 30.3 Å². The predicted molar refractivity (Wildman–Crippen MR) is 83.7 cm³/mol. The number of hydrogen-bond donors (Lipinski definition) is 1. The Morgan fingerprint density at radius 2 is 2.00 bits per heavy atom. The summed E-state index contributed by atoms with van der Waals surface area (Å²) in [5, 5.41) is 3.43. The first-order valence-electron chi connectivity index (χ1n) is 7.31. The molecule has 4 heteroatoms. The summed E-state index contributed by atoms with van der Waals surface area (Å²) in [5.41, 5.74) is 3.24. The minimum absolute atomic E-state index is 0.0627. The van der Waals surface area contributed by atoms with Gasteiger partial charge >= 0.3 is 0 Å². The summed E-state index contributed by atoms with van der Waals surface area (Å²) in [6.07, 6.45) is -0.0627. The third-order valence-corrected chi connectivity index (χ3v) is 3.92. The fourth-order valence-electron chi connectivity index (χ4n) is 2.93. The van der Waals surface area contributed by atoms with Crippen molar-refractivity contribution in [3.05, 3.63) is 54.4 Å². The SMILES string of the molecule is CCn1c(C2CNc3ccccc3O2)nc2ccccc21. The Morgan fingerprint density at radius 3 is 2.90 bits per heavy atom. The van der Waals surface area contributed by atoms with E-state index in [2.05, 4.69) is 35.0 Å². The summed E-state index contributed by atoms with van der Waals surface area (Å²) >= 11 is 0. The van der Waals surface area contributed by atoms with Gasteiger partial charge in [-0.1, -0.05) is 24.3 Å². The molecule has 0 aliphatic carbocycles. The minimum atomic E-state index is -0.0627. The van der Waals surface area contributed by atoms with Crippen LogP contribution in [-0.2, 0) is 6.54 Å². The van der Waals surface area contributed by atoms with Crippen LogP contribution >= 0.6 is 0 Å². The van der Waals surface area contributed by atoms with Crippen LogP contribution in [0.1, 0.15) is 18.9 Å². The topological polar surface area (TPSA) is 39.1 Å². The summed E-state index contributed by atoms with van der Waals surface area (Å²) in [4.78, 5) is 4.78. The standard InChI is InChI=1S/C17H17N3O/c1-2-20-14-9-5-3-7-12(14)19-17(20)16-11-18-13-8-4-6-10-15(13)21-16/h3-10,16,18H,2,11H2,1H3. The minimum Gasteiger partial charge on any atom is -0.478 e. The molecule has 4 nitrogen and oxygen atoms in total. The van der Waals surface area contributed by atoms with Crippen LogP contribution in [0, 0.1) is 0 Å². The molecule has 1 aromatic heterocycles. The van der Waals surface area contributed by atoms with Crippen LogP contribution in [0.4, 0.5) is 5.69 Å². The van der Waals surface area contributed by atoms with Gasteiger partial charge in [0.2, 0.25) is 0 Å². The van der Waals surface area contributed by atoms with E-state index >= 15 is 0 Å². The second-order valence-corrected chi connectivity index (χ2v) is 5.19. The molecule has 1 atom stereocenters. The Hall–Kier alpha value is -2.49. The zero-order chi connectivity index (χ0) is 14.2. The van der Waals surface area contributed by atoms with Gasteiger partial charge in [0.05, 0.1) is 23.3 Å². The number of ether oxygens (including phenoxy) is 1. The van der Waals surface area contributed by atoms with Gasteiger partial charge < -0.3 is 14.6 Å². The van der Waals surface area contributed by atoms with E-state index in [9.17, 15) is 0 Å². The summed E-state index contributed by atoms with van der Waals surface area (Å²) in [5.74, 6) is 1.88. The lowest BCUT2D eigenvalue weighted by atomic mass is 10.2. The molecule has 0 bridgehead atoms. The molecule has 2 aromatic carbocycles. The lowest BCUT2D eigenvalue weighted by Gasteiger charge is -2.27. The van der Waals surface area contributed by atoms with Crippen LogP contribution in [-0.4, -0.2) is 16.1 Å². The van der Waals surface area contributed by atoms with Gasteiger partial charge in [-0.25, -0.2) is 4.98 Å². The second-order valence-electron chi connectivity index (χ2n) is 5.19. The molecule has 0 saturated heterocycles. The molecule has 1 unspecified atom stereocenters. The maximum Gasteiger partial charge on any atom is 0.173 e. The molecular weight excluding hydrogens is 262 g/mol. The summed E-state index contributed by atoms with van der Waals surface area (Å²) in [6, 6.07) is 16.3. The molecule has 0 spiro atoms. The van der Waals surface area contributed by atoms with E-state index in [4.69, 9.17) is 9.72 Å². The average molecular weight is 279 g/mol. The van der Waals surface area contributed by atoms with E-state index < -0.39 is 0 Å². The fraction of sp³-hybridized carbons (Fsp3) is 0.235. The number of rotatable bonds is 2. The number of aryl methyl sites for hydroxylation is 1. The normalized spacial score (nSPS) is 17.1. The van der Waals surface area contributed by atoms with E-state index in [0.717, 1.165) is 41.4 Å². The summed E-state index contributed by atoms with van der Waals surface area (Å²) < 4.78 is 8.38. The third kappa shape index (κ3) is 1.95. The zero-order valence-corrected chi connectivity index (χ0v) is 11.9. The number of anilines is 1. The highest BCUT2D eigenvalue weighted by Gasteiger charge is 2.25. The van der Waals surface area contributed by atoms with Crippen molar-refractivity contribution >= 4 is 16.7 Å². The number of benzene rings is 2. The molecule has 4 rings (SSSR count). The van der Waals surface area contributed by atoms with Crippen molar-refractivity contribution in [3.63, 3.8) is 0 Å².